The second-order valence-electron chi connectivity index (χ2n) is 4.35. The largest absolute Gasteiger partial charge is 0.316 e. The van der Waals surface area contributed by atoms with E-state index in [-0.39, 0.29) is 0 Å². The molecular weight excluding hydrogens is 134 g/mol. The molecule has 0 heterocycles. The smallest absolute Gasteiger partial charge is 0.0138 e. The molecule has 0 saturated carbocycles. The molecule has 0 aliphatic rings. The molecule has 0 radical (unpaired) electrons. The second-order valence-corrected chi connectivity index (χ2v) is 4.35. The lowest BCUT2D eigenvalue weighted by molar-refractivity contribution is 0.193. The zero-order valence-electron chi connectivity index (χ0n) is 8.86. The van der Waals surface area contributed by atoms with E-state index in [2.05, 4.69) is 47.0 Å². The Morgan fingerprint density at radius 2 is 1.73 bits per heavy atom. The Morgan fingerprint density at radius 3 is 1.82 bits per heavy atom. The second kappa shape index (κ2) is 4.10. The standard InChI is InChI=1S/C10H23N/c1-7-10(4,5)9(11-6)8(2)3/h8-9,11H,7H2,1-6H3. The Morgan fingerprint density at radius 1 is 1.27 bits per heavy atom. The first-order chi connectivity index (χ1) is 4.95. The van der Waals surface area contributed by atoms with E-state index < -0.39 is 0 Å². The summed E-state index contributed by atoms with van der Waals surface area (Å²) in [6.45, 7) is 11.5. The van der Waals surface area contributed by atoms with Gasteiger partial charge in [0, 0.05) is 6.04 Å². The minimum Gasteiger partial charge on any atom is -0.316 e. The van der Waals surface area contributed by atoms with E-state index in [0.29, 0.717) is 11.5 Å². The van der Waals surface area contributed by atoms with Gasteiger partial charge in [0.25, 0.3) is 0 Å². The molecule has 1 atom stereocenters. The fourth-order valence-electron chi connectivity index (χ4n) is 1.85. The van der Waals surface area contributed by atoms with Crippen molar-refractivity contribution in [2.45, 2.75) is 47.1 Å². The normalized spacial score (nSPS) is 15.5. The Hall–Kier alpha value is -0.0400. The maximum atomic E-state index is 3.39. The fraction of sp³-hybridized carbons (Fsp3) is 1.00. The lowest BCUT2D eigenvalue weighted by Gasteiger charge is -2.36. The van der Waals surface area contributed by atoms with E-state index in [1.807, 2.05) is 0 Å². The zero-order chi connectivity index (χ0) is 9.07. The Balaban J connectivity index is 4.23. The van der Waals surface area contributed by atoms with Gasteiger partial charge in [-0.25, -0.2) is 0 Å². The number of nitrogens with one attached hydrogen (secondary N) is 1. The highest BCUT2D eigenvalue weighted by atomic mass is 14.9. The van der Waals surface area contributed by atoms with Crippen LogP contribution in [0, 0.1) is 11.3 Å². The fourth-order valence-corrected chi connectivity index (χ4v) is 1.85. The molecule has 0 aliphatic heterocycles. The van der Waals surface area contributed by atoms with Gasteiger partial charge in [-0.2, -0.15) is 0 Å². The molecule has 0 rings (SSSR count). The van der Waals surface area contributed by atoms with Crippen molar-refractivity contribution in [1.29, 1.82) is 0 Å². The maximum absolute atomic E-state index is 3.39. The van der Waals surface area contributed by atoms with Gasteiger partial charge in [0.2, 0.25) is 0 Å². The van der Waals surface area contributed by atoms with E-state index in [1.54, 1.807) is 0 Å². The third-order valence-corrected chi connectivity index (χ3v) is 2.73. The van der Waals surface area contributed by atoms with Crippen molar-refractivity contribution in [3.05, 3.63) is 0 Å². The van der Waals surface area contributed by atoms with Crippen molar-refractivity contribution >= 4 is 0 Å². The van der Waals surface area contributed by atoms with Crippen LogP contribution in [0.3, 0.4) is 0 Å². The Labute approximate surface area is 71.6 Å². The minimum absolute atomic E-state index is 0.420. The SMILES string of the molecule is CCC(C)(C)C(NC)C(C)C. The first-order valence-corrected chi connectivity index (χ1v) is 4.63. The van der Waals surface area contributed by atoms with Crippen molar-refractivity contribution in [1.82, 2.24) is 5.32 Å². The van der Waals surface area contributed by atoms with E-state index in [0.717, 1.165) is 5.92 Å². The van der Waals surface area contributed by atoms with E-state index >= 15 is 0 Å². The summed E-state index contributed by atoms with van der Waals surface area (Å²) in [5.74, 6) is 0.718. The van der Waals surface area contributed by atoms with Gasteiger partial charge in [-0.3, -0.25) is 0 Å². The summed E-state index contributed by atoms with van der Waals surface area (Å²) in [4.78, 5) is 0. The molecule has 1 N–H and O–H groups in total. The molecule has 0 aliphatic carbocycles. The highest BCUT2D eigenvalue weighted by Crippen LogP contribution is 2.28. The summed E-state index contributed by atoms with van der Waals surface area (Å²) in [6.07, 6.45) is 1.23. The molecule has 1 heteroatoms. The van der Waals surface area contributed by atoms with Crippen molar-refractivity contribution in [2.24, 2.45) is 11.3 Å². The number of rotatable bonds is 4. The molecule has 68 valence electrons. The van der Waals surface area contributed by atoms with Crippen LogP contribution in [0.25, 0.3) is 0 Å². The van der Waals surface area contributed by atoms with Crippen LogP contribution < -0.4 is 5.32 Å². The average molecular weight is 157 g/mol. The van der Waals surface area contributed by atoms with Crippen LogP contribution in [0.5, 0.6) is 0 Å². The lowest BCUT2D eigenvalue weighted by Crippen LogP contribution is -2.43. The molecule has 0 saturated heterocycles. The van der Waals surface area contributed by atoms with Gasteiger partial charge in [-0.05, 0) is 24.8 Å². The van der Waals surface area contributed by atoms with Crippen LogP contribution in [-0.2, 0) is 0 Å². The lowest BCUT2D eigenvalue weighted by atomic mass is 9.77. The molecule has 1 nitrogen and oxygen atoms in total. The van der Waals surface area contributed by atoms with Crippen LogP contribution in [0.1, 0.15) is 41.0 Å². The maximum Gasteiger partial charge on any atom is 0.0138 e. The van der Waals surface area contributed by atoms with Gasteiger partial charge in [0.15, 0.2) is 0 Å². The molecule has 0 spiro atoms. The third-order valence-electron chi connectivity index (χ3n) is 2.73. The van der Waals surface area contributed by atoms with Crippen molar-refractivity contribution in [3.8, 4) is 0 Å². The predicted molar refractivity (Wildman–Crippen MR) is 51.8 cm³/mol. The molecule has 0 aromatic rings. The number of hydrogen-bond donors (Lipinski definition) is 1. The van der Waals surface area contributed by atoms with E-state index in [9.17, 15) is 0 Å². The third kappa shape index (κ3) is 2.82. The van der Waals surface area contributed by atoms with Crippen LogP contribution >= 0.6 is 0 Å². The number of hydrogen-bond acceptors (Lipinski definition) is 1. The van der Waals surface area contributed by atoms with Crippen LogP contribution in [-0.4, -0.2) is 13.1 Å². The molecule has 0 aromatic heterocycles. The highest BCUT2D eigenvalue weighted by Gasteiger charge is 2.28. The molecule has 0 fully saturated rings. The van der Waals surface area contributed by atoms with E-state index in [1.165, 1.54) is 6.42 Å². The van der Waals surface area contributed by atoms with Crippen molar-refractivity contribution < 1.29 is 0 Å². The molecular formula is C10H23N. The zero-order valence-corrected chi connectivity index (χ0v) is 8.86. The van der Waals surface area contributed by atoms with Gasteiger partial charge in [-0.15, -0.1) is 0 Å². The quantitative estimate of drug-likeness (QED) is 0.661. The topological polar surface area (TPSA) is 12.0 Å². The summed E-state index contributed by atoms with van der Waals surface area (Å²) < 4.78 is 0. The Bertz CT molecular complexity index is 105. The van der Waals surface area contributed by atoms with Crippen LogP contribution in [0.2, 0.25) is 0 Å². The van der Waals surface area contributed by atoms with Crippen molar-refractivity contribution in [3.63, 3.8) is 0 Å². The summed E-state index contributed by atoms with van der Waals surface area (Å²) in [5, 5.41) is 3.39. The van der Waals surface area contributed by atoms with Gasteiger partial charge >= 0.3 is 0 Å². The summed E-state index contributed by atoms with van der Waals surface area (Å²) in [6, 6.07) is 0.632. The molecule has 0 amide bonds. The first kappa shape index (κ1) is 11.0. The van der Waals surface area contributed by atoms with Crippen LogP contribution in [0.15, 0.2) is 0 Å². The van der Waals surface area contributed by atoms with Crippen LogP contribution in [0.4, 0.5) is 0 Å². The first-order valence-electron chi connectivity index (χ1n) is 4.63. The van der Waals surface area contributed by atoms with E-state index in [4.69, 9.17) is 0 Å². The summed E-state index contributed by atoms with van der Waals surface area (Å²) in [7, 11) is 2.06. The summed E-state index contributed by atoms with van der Waals surface area (Å²) >= 11 is 0. The minimum atomic E-state index is 0.420. The summed E-state index contributed by atoms with van der Waals surface area (Å²) in [5.41, 5.74) is 0.420. The molecule has 11 heavy (non-hydrogen) atoms. The molecule has 0 aromatic carbocycles. The van der Waals surface area contributed by atoms with Gasteiger partial charge in [-0.1, -0.05) is 34.6 Å². The highest BCUT2D eigenvalue weighted by molar-refractivity contribution is 4.84. The average Bonchev–Trinajstić information content (AvgIpc) is 1.88. The van der Waals surface area contributed by atoms with Crippen molar-refractivity contribution in [2.75, 3.05) is 7.05 Å². The molecule has 1 unspecified atom stereocenters. The molecule has 0 bridgehead atoms. The van der Waals surface area contributed by atoms with Gasteiger partial charge in [0.05, 0.1) is 0 Å². The Kier molecular flexibility index (Phi) is 4.09. The predicted octanol–water partition coefficient (Wildman–Crippen LogP) is 2.67. The van der Waals surface area contributed by atoms with Gasteiger partial charge < -0.3 is 5.32 Å². The van der Waals surface area contributed by atoms with Gasteiger partial charge in [0.1, 0.15) is 0 Å². The monoisotopic (exact) mass is 157 g/mol.